The zero-order valence-corrected chi connectivity index (χ0v) is 18.9. The number of hydrogen-bond donors (Lipinski definition) is 3. The Morgan fingerprint density at radius 3 is 2.32 bits per heavy atom. The van der Waals surface area contributed by atoms with Gasteiger partial charge in [0.2, 0.25) is 5.91 Å². The van der Waals surface area contributed by atoms with E-state index in [2.05, 4.69) is 22.8 Å². The first kappa shape index (κ1) is 23.7. The molecule has 2 aromatic rings. The highest BCUT2D eigenvalue weighted by Gasteiger charge is 2.37. The number of carboxylic acid groups (broad SMARTS) is 1. The number of alkyl carbamates (subject to hydrolysis) is 1. The molecule has 1 saturated heterocycles. The van der Waals surface area contributed by atoms with Gasteiger partial charge in [0.05, 0.1) is 19.3 Å². The summed E-state index contributed by atoms with van der Waals surface area (Å²) in [6.45, 7) is 0.481. The molecule has 34 heavy (non-hydrogen) atoms. The molecular formula is C25H28N2O7. The Morgan fingerprint density at radius 2 is 1.71 bits per heavy atom. The Kier molecular flexibility index (Phi) is 7.44. The largest absolute Gasteiger partial charge is 0.481 e. The average Bonchev–Trinajstić information content (AvgIpc) is 3.43. The maximum atomic E-state index is 12.8. The Bertz CT molecular complexity index is 1010. The number of amides is 2. The van der Waals surface area contributed by atoms with Crippen molar-refractivity contribution in [1.29, 1.82) is 0 Å². The van der Waals surface area contributed by atoms with Crippen LogP contribution in [0.25, 0.3) is 11.1 Å². The van der Waals surface area contributed by atoms with Gasteiger partial charge in [-0.25, -0.2) is 4.79 Å². The Morgan fingerprint density at radius 1 is 1.06 bits per heavy atom. The molecule has 4 rings (SSSR count). The Hall–Kier alpha value is -3.43. The predicted molar refractivity (Wildman–Crippen MR) is 122 cm³/mol. The van der Waals surface area contributed by atoms with Crippen LogP contribution in [0.15, 0.2) is 48.5 Å². The number of aliphatic carboxylic acids is 1. The zero-order valence-electron chi connectivity index (χ0n) is 18.9. The van der Waals surface area contributed by atoms with E-state index in [0.29, 0.717) is 0 Å². The standard InChI is InChI=1S/C25H28N2O7/c1-32-11-10-21(23(28)26-22-14-33-12-20(22)24(29)30)27-25(31)34-13-19-17-8-4-2-6-15(17)16-7-3-5-9-18(16)19/h2-9,19-22H,10-14H2,1H3,(H,26,28)(H,27,31)(H,29,30). The fourth-order valence-electron chi connectivity index (χ4n) is 4.51. The highest BCUT2D eigenvalue weighted by atomic mass is 16.5. The molecule has 2 aromatic carbocycles. The molecule has 1 fully saturated rings. The number of carbonyl (C=O) groups excluding carboxylic acids is 2. The molecule has 2 amide bonds. The summed E-state index contributed by atoms with van der Waals surface area (Å²) in [5, 5.41) is 14.6. The fourth-order valence-corrected chi connectivity index (χ4v) is 4.51. The van der Waals surface area contributed by atoms with Crippen LogP contribution in [0.3, 0.4) is 0 Å². The van der Waals surface area contributed by atoms with Gasteiger partial charge < -0.3 is 30.0 Å². The molecular weight excluding hydrogens is 440 g/mol. The maximum absolute atomic E-state index is 12.8. The minimum absolute atomic E-state index is 0.0306. The van der Waals surface area contributed by atoms with Crippen molar-refractivity contribution >= 4 is 18.0 Å². The molecule has 0 saturated carbocycles. The normalized spacial score (nSPS) is 19.7. The zero-order chi connectivity index (χ0) is 24.1. The topological polar surface area (TPSA) is 123 Å². The molecule has 3 atom stereocenters. The van der Waals surface area contributed by atoms with Gasteiger partial charge in [-0.3, -0.25) is 9.59 Å². The first-order valence-corrected chi connectivity index (χ1v) is 11.2. The van der Waals surface area contributed by atoms with Crippen LogP contribution in [0.1, 0.15) is 23.5 Å². The summed E-state index contributed by atoms with van der Waals surface area (Å²) in [6.07, 6.45) is -0.520. The van der Waals surface area contributed by atoms with Crippen molar-refractivity contribution in [1.82, 2.24) is 10.6 Å². The van der Waals surface area contributed by atoms with Crippen molar-refractivity contribution in [2.75, 3.05) is 33.5 Å². The SMILES string of the molecule is COCCC(NC(=O)OCC1c2ccccc2-c2ccccc21)C(=O)NC1COCC1C(=O)O. The van der Waals surface area contributed by atoms with Gasteiger partial charge in [-0.05, 0) is 22.3 Å². The van der Waals surface area contributed by atoms with E-state index in [4.69, 9.17) is 14.2 Å². The third-order valence-corrected chi connectivity index (χ3v) is 6.29. The van der Waals surface area contributed by atoms with E-state index in [-0.39, 0.29) is 38.8 Å². The molecule has 1 heterocycles. The third kappa shape index (κ3) is 5.05. The van der Waals surface area contributed by atoms with E-state index in [1.807, 2.05) is 36.4 Å². The summed E-state index contributed by atoms with van der Waals surface area (Å²) < 4.78 is 15.8. The van der Waals surface area contributed by atoms with Gasteiger partial charge in [-0.15, -0.1) is 0 Å². The van der Waals surface area contributed by atoms with Crippen LogP contribution in [-0.4, -0.2) is 68.7 Å². The lowest BCUT2D eigenvalue weighted by Gasteiger charge is -2.22. The molecule has 9 heteroatoms. The van der Waals surface area contributed by atoms with Crippen LogP contribution in [0.2, 0.25) is 0 Å². The fraction of sp³-hybridized carbons (Fsp3) is 0.400. The maximum Gasteiger partial charge on any atom is 0.407 e. The van der Waals surface area contributed by atoms with E-state index in [9.17, 15) is 19.5 Å². The van der Waals surface area contributed by atoms with E-state index in [0.717, 1.165) is 22.3 Å². The second-order valence-electron chi connectivity index (χ2n) is 8.40. The number of benzene rings is 2. The summed E-state index contributed by atoms with van der Waals surface area (Å²) >= 11 is 0. The molecule has 1 aliphatic carbocycles. The number of ether oxygens (including phenoxy) is 3. The van der Waals surface area contributed by atoms with Gasteiger partial charge in [0, 0.05) is 26.1 Å². The molecule has 0 bridgehead atoms. The summed E-state index contributed by atoms with van der Waals surface area (Å²) in [5.41, 5.74) is 4.42. The number of carbonyl (C=O) groups is 3. The van der Waals surface area contributed by atoms with Crippen molar-refractivity contribution in [2.24, 2.45) is 5.92 Å². The molecule has 3 N–H and O–H groups in total. The minimum atomic E-state index is -1.04. The number of nitrogens with one attached hydrogen (secondary N) is 2. The molecule has 0 aromatic heterocycles. The van der Waals surface area contributed by atoms with Crippen molar-refractivity contribution in [2.45, 2.75) is 24.4 Å². The molecule has 9 nitrogen and oxygen atoms in total. The molecule has 0 spiro atoms. The van der Waals surface area contributed by atoms with Gasteiger partial charge >= 0.3 is 12.1 Å². The van der Waals surface area contributed by atoms with Crippen LogP contribution >= 0.6 is 0 Å². The Balaban J connectivity index is 1.39. The number of hydrogen-bond acceptors (Lipinski definition) is 6. The summed E-state index contributed by atoms with van der Waals surface area (Å²) in [6, 6.07) is 14.4. The van der Waals surface area contributed by atoms with Crippen molar-refractivity contribution < 1.29 is 33.7 Å². The monoisotopic (exact) mass is 468 g/mol. The first-order valence-electron chi connectivity index (χ1n) is 11.2. The van der Waals surface area contributed by atoms with E-state index < -0.39 is 36.0 Å². The van der Waals surface area contributed by atoms with Gasteiger partial charge in [0.25, 0.3) is 0 Å². The molecule has 3 unspecified atom stereocenters. The van der Waals surface area contributed by atoms with Crippen molar-refractivity contribution in [3.05, 3.63) is 59.7 Å². The lowest BCUT2D eigenvalue weighted by atomic mass is 9.98. The van der Waals surface area contributed by atoms with Gasteiger partial charge in [0.1, 0.15) is 18.6 Å². The quantitative estimate of drug-likeness (QED) is 0.515. The molecule has 0 radical (unpaired) electrons. The van der Waals surface area contributed by atoms with E-state index in [1.54, 1.807) is 0 Å². The smallest absolute Gasteiger partial charge is 0.407 e. The van der Waals surface area contributed by atoms with Crippen LogP contribution in [0.4, 0.5) is 4.79 Å². The summed E-state index contributed by atoms with van der Waals surface area (Å²) in [4.78, 5) is 36.8. The van der Waals surface area contributed by atoms with Crippen LogP contribution < -0.4 is 10.6 Å². The van der Waals surface area contributed by atoms with E-state index >= 15 is 0 Å². The Labute approximate surface area is 197 Å². The molecule has 1 aliphatic heterocycles. The summed E-state index contributed by atoms with van der Waals surface area (Å²) in [7, 11) is 1.49. The lowest BCUT2D eigenvalue weighted by Crippen LogP contribution is -2.52. The number of carboxylic acids is 1. The second kappa shape index (κ2) is 10.7. The van der Waals surface area contributed by atoms with E-state index in [1.165, 1.54) is 7.11 Å². The van der Waals surface area contributed by atoms with Crippen molar-refractivity contribution in [3.63, 3.8) is 0 Å². The molecule has 180 valence electrons. The first-order chi connectivity index (χ1) is 16.5. The highest BCUT2D eigenvalue weighted by molar-refractivity contribution is 5.86. The van der Waals surface area contributed by atoms with Gasteiger partial charge in [-0.1, -0.05) is 48.5 Å². The average molecular weight is 469 g/mol. The van der Waals surface area contributed by atoms with Gasteiger partial charge in [-0.2, -0.15) is 0 Å². The number of fused-ring (bicyclic) bond motifs is 3. The predicted octanol–water partition coefficient (Wildman–Crippen LogP) is 2.15. The highest BCUT2D eigenvalue weighted by Crippen LogP contribution is 2.44. The van der Waals surface area contributed by atoms with Gasteiger partial charge in [0.15, 0.2) is 0 Å². The molecule has 2 aliphatic rings. The number of methoxy groups -OCH3 is 1. The summed E-state index contributed by atoms with van der Waals surface area (Å²) in [5.74, 6) is -2.48. The van der Waals surface area contributed by atoms with Crippen molar-refractivity contribution in [3.8, 4) is 11.1 Å². The lowest BCUT2D eigenvalue weighted by molar-refractivity contribution is -0.142. The van der Waals surface area contributed by atoms with Crippen LogP contribution in [0, 0.1) is 5.92 Å². The van der Waals surface area contributed by atoms with Crippen LogP contribution in [-0.2, 0) is 23.8 Å². The minimum Gasteiger partial charge on any atom is -0.481 e. The third-order valence-electron chi connectivity index (χ3n) is 6.29. The second-order valence-corrected chi connectivity index (χ2v) is 8.40. The van der Waals surface area contributed by atoms with Crippen LogP contribution in [0.5, 0.6) is 0 Å². The number of rotatable bonds is 9.